The van der Waals surface area contributed by atoms with E-state index >= 15 is 0 Å². The van der Waals surface area contributed by atoms with Crippen LogP contribution >= 0.6 is 0 Å². The summed E-state index contributed by atoms with van der Waals surface area (Å²) >= 11 is 0. The molecule has 1 aliphatic heterocycles. The number of nitrogens with one attached hydrogen (secondary N) is 2. The molecule has 33 heavy (non-hydrogen) atoms. The van der Waals surface area contributed by atoms with E-state index in [1.54, 1.807) is 44.6 Å². The van der Waals surface area contributed by atoms with Crippen LogP contribution in [0.3, 0.4) is 0 Å². The first-order valence-electron chi connectivity index (χ1n) is 11.1. The lowest BCUT2D eigenvalue weighted by atomic mass is 10.0. The minimum Gasteiger partial charge on any atom is -0.331 e. The zero-order valence-electron chi connectivity index (χ0n) is 19.9. The molecule has 0 bridgehead atoms. The third kappa shape index (κ3) is 4.36. The van der Waals surface area contributed by atoms with Gasteiger partial charge >= 0.3 is 0 Å². The predicted octanol–water partition coefficient (Wildman–Crippen LogP) is 3.34. The zero-order valence-corrected chi connectivity index (χ0v) is 20.7. The van der Waals surface area contributed by atoms with E-state index < -0.39 is 14.8 Å². The molecular formula is C23H31N5O4S. The van der Waals surface area contributed by atoms with Gasteiger partial charge in [-0.2, -0.15) is 5.10 Å². The van der Waals surface area contributed by atoms with E-state index in [1.165, 1.54) is 6.92 Å². The molecule has 2 heterocycles. The average Bonchev–Trinajstić information content (AvgIpc) is 3.39. The Labute approximate surface area is 194 Å². The first kappa shape index (κ1) is 23.3. The maximum atomic E-state index is 13.4. The second-order valence-corrected chi connectivity index (χ2v) is 12.4. The van der Waals surface area contributed by atoms with Gasteiger partial charge < -0.3 is 10.2 Å². The Bertz CT molecular complexity index is 1240. The number of hydrogen-bond donors (Lipinski definition) is 2. The summed E-state index contributed by atoms with van der Waals surface area (Å²) in [5.41, 5.74) is 2.86. The molecule has 2 aliphatic rings. The van der Waals surface area contributed by atoms with Crippen molar-refractivity contribution in [3.63, 3.8) is 0 Å². The lowest BCUT2D eigenvalue weighted by Crippen LogP contribution is -2.36. The maximum Gasteiger partial charge on any atom is 0.256 e. The molecule has 0 saturated heterocycles. The zero-order chi connectivity index (χ0) is 24.3. The van der Waals surface area contributed by atoms with Crippen LogP contribution in [0.2, 0.25) is 0 Å². The standard InChI is InChI=1S/C23H31N5O4S/c1-13(15-7-8-15)28-12-17-9-16(19-11-20(24-14(2)29)25-27(19)6)10-18(21(17)22(28)30)26-33(31,32)23(3,4)5/h9-11,13,15,26H,7-8,12H2,1-6H3,(H,24,25,29)/t13-/m0/s1. The summed E-state index contributed by atoms with van der Waals surface area (Å²) in [6.07, 6.45) is 2.22. The van der Waals surface area contributed by atoms with Gasteiger partial charge in [-0.25, -0.2) is 8.42 Å². The lowest BCUT2D eigenvalue weighted by Gasteiger charge is -2.24. The van der Waals surface area contributed by atoms with Crippen molar-refractivity contribution in [2.24, 2.45) is 13.0 Å². The highest BCUT2D eigenvalue weighted by Gasteiger charge is 2.41. The fourth-order valence-corrected chi connectivity index (χ4v) is 4.90. The Balaban J connectivity index is 1.82. The smallest absolute Gasteiger partial charge is 0.256 e. The quantitative estimate of drug-likeness (QED) is 0.668. The normalized spacial score (nSPS) is 17.2. The number of hydrogen-bond acceptors (Lipinski definition) is 5. The van der Waals surface area contributed by atoms with Crippen molar-refractivity contribution in [2.45, 2.75) is 64.8 Å². The second kappa shape index (κ2) is 7.86. The van der Waals surface area contributed by atoms with Crippen LogP contribution in [0.15, 0.2) is 18.2 Å². The molecule has 178 valence electrons. The highest BCUT2D eigenvalue weighted by Crippen LogP contribution is 2.41. The molecule has 2 amide bonds. The highest BCUT2D eigenvalue weighted by molar-refractivity contribution is 7.94. The average molecular weight is 474 g/mol. The summed E-state index contributed by atoms with van der Waals surface area (Å²) in [6, 6.07) is 5.42. The van der Waals surface area contributed by atoms with Crippen molar-refractivity contribution in [2.75, 3.05) is 10.0 Å². The van der Waals surface area contributed by atoms with E-state index in [0.717, 1.165) is 18.4 Å². The summed E-state index contributed by atoms with van der Waals surface area (Å²) in [5.74, 6) is 0.515. The topological polar surface area (TPSA) is 113 Å². The van der Waals surface area contributed by atoms with Crippen molar-refractivity contribution in [3.05, 3.63) is 29.3 Å². The third-order valence-corrected chi connectivity index (χ3v) is 8.46. The Hall–Kier alpha value is -2.88. The molecule has 1 atom stereocenters. The number of carbonyl (C=O) groups excluding carboxylic acids is 2. The Morgan fingerprint density at radius 3 is 2.45 bits per heavy atom. The number of nitrogens with zero attached hydrogens (tertiary/aromatic N) is 3. The molecular weight excluding hydrogens is 442 g/mol. The van der Waals surface area contributed by atoms with Crippen LogP contribution < -0.4 is 10.0 Å². The monoisotopic (exact) mass is 473 g/mol. The largest absolute Gasteiger partial charge is 0.331 e. The first-order chi connectivity index (χ1) is 15.3. The maximum absolute atomic E-state index is 13.4. The second-order valence-electron chi connectivity index (χ2n) is 10.0. The van der Waals surface area contributed by atoms with Gasteiger partial charge in [-0.05, 0) is 64.2 Å². The third-order valence-electron chi connectivity index (χ3n) is 6.36. The number of amides is 2. The lowest BCUT2D eigenvalue weighted by molar-refractivity contribution is -0.114. The molecule has 0 spiro atoms. The summed E-state index contributed by atoms with van der Waals surface area (Å²) in [5, 5.41) is 6.99. The Morgan fingerprint density at radius 2 is 1.88 bits per heavy atom. The van der Waals surface area contributed by atoms with Gasteiger partial charge in [0.2, 0.25) is 15.9 Å². The summed E-state index contributed by atoms with van der Waals surface area (Å²) in [7, 11) is -2.01. The molecule has 1 fully saturated rings. The van der Waals surface area contributed by atoms with Crippen LogP contribution in [0.5, 0.6) is 0 Å². The molecule has 2 aromatic rings. The minimum absolute atomic E-state index is 0.100. The van der Waals surface area contributed by atoms with E-state index in [-0.39, 0.29) is 23.5 Å². The number of benzene rings is 1. The van der Waals surface area contributed by atoms with Crippen LogP contribution in [0.1, 0.15) is 63.4 Å². The predicted molar refractivity (Wildman–Crippen MR) is 127 cm³/mol. The molecule has 1 aromatic heterocycles. The molecule has 0 unspecified atom stereocenters. The van der Waals surface area contributed by atoms with E-state index in [9.17, 15) is 18.0 Å². The fraction of sp³-hybridized carbons (Fsp3) is 0.522. The number of sulfonamides is 1. The molecule has 10 heteroatoms. The van der Waals surface area contributed by atoms with Crippen LogP contribution in [-0.4, -0.2) is 45.7 Å². The van der Waals surface area contributed by atoms with Gasteiger partial charge in [0.1, 0.15) is 0 Å². The molecule has 4 rings (SSSR count). The van der Waals surface area contributed by atoms with Crippen molar-refractivity contribution >= 4 is 33.3 Å². The number of aromatic nitrogens is 2. The van der Waals surface area contributed by atoms with Crippen molar-refractivity contribution in [1.82, 2.24) is 14.7 Å². The van der Waals surface area contributed by atoms with E-state index in [0.29, 0.717) is 35.1 Å². The van der Waals surface area contributed by atoms with E-state index in [4.69, 9.17) is 0 Å². The number of carbonyl (C=O) groups is 2. The number of anilines is 2. The summed E-state index contributed by atoms with van der Waals surface area (Å²) in [6.45, 7) is 8.74. The van der Waals surface area contributed by atoms with Crippen LogP contribution in [0, 0.1) is 5.92 Å². The molecule has 2 N–H and O–H groups in total. The van der Waals surface area contributed by atoms with Crippen molar-refractivity contribution in [3.8, 4) is 11.3 Å². The highest BCUT2D eigenvalue weighted by atomic mass is 32.2. The first-order valence-corrected chi connectivity index (χ1v) is 12.6. The van der Waals surface area contributed by atoms with Gasteiger partial charge in [-0.3, -0.25) is 19.0 Å². The van der Waals surface area contributed by atoms with Crippen molar-refractivity contribution in [1.29, 1.82) is 0 Å². The number of rotatable bonds is 6. The molecule has 0 radical (unpaired) electrons. The number of fused-ring (bicyclic) bond motifs is 1. The molecule has 1 aromatic carbocycles. The fourth-order valence-electron chi connectivity index (χ4n) is 4.15. The SMILES string of the molecule is CC(=O)Nc1cc(-c2cc3c(c(NS(=O)(=O)C(C)(C)C)c2)C(=O)N([C@@H](C)C2CC2)C3)n(C)n1. The molecule has 1 aliphatic carbocycles. The van der Waals surface area contributed by atoms with Gasteiger partial charge in [0.15, 0.2) is 5.82 Å². The van der Waals surface area contributed by atoms with Crippen LogP contribution in [-0.2, 0) is 28.4 Å². The number of aryl methyl sites for hydroxylation is 1. The van der Waals surface area contributed by atoms with Gasteiger partial charge in [0.05, 0.1) is 21.7 Å². The van der Waals surface area contributed by atoms with Gasteiger partial charge in [0, 0.05) is 38.2 Å². The molecule has 9 nitrogen and oxygen atoms in total. The minimum atomic E-state index is -3.76. The van der Waals surface area contributed by atoms with Crippen LogP contribution in [0.4, 0.5) is 11.5 Å². The van der Waals surface area contributed by atoms with Gasteiger partial charge in [-0.1, -0.05) is 0 Å². The van der Waals surface area contributed by atoms with E-state index in [2.05, 4.69) is 22.1 Å². The van der Waals surface area contributed by atoms with Crippen LogP contribution in [0.25, 0.3) is 11.3 Å². The van der Waals surface area contributed by atoms with E-state index in [1.807, 2.05) is 11.0 Å². The molecule has 1 saturated carbocycles. The Kier molecular flexibility index (Phi) is 5.55. The van der Waals surface area contributed by atoms with Gasteiger partial charge in [0.25, 0.3) is 5.91 Å². The van der Waals surface area contributed by atoms with Crippen molar-refractivity contribution < 1.29 is 18.0 Å². The summed E-state index contributed by atoms with van der Waals surface area (Å²) < 4.78 is 29.3. The van der Waals surface area contributed by atoms with Gasteiger partial charge in [-0.15, -0.1) is 0 Å². The summed E-state index contributed by atoms with van der Waals surface area (Å²) in [4.78, 5) is 26.7. The Morgan fingerprint density at radius 1 is 1.21 bits per heavy atom.